The zero-order chi connectivity index (χ0) is 18.0. The van der Waals surface area contributed by atoms with E-state index in [-0.39, 0.29) is 22.2 Å². The minimum atomic E-state index is -0.594. The molecule has 1 heterocycles. The van der Waals surface area contributed by atoms with E-state index in [1.165, 1.54) is 18.2 Å². The molecule has 0 saturated carbocycles. The molecule has 25 heavy (non-hydrogen) atoms. The highest BCUT2D eigenvalue weighted by atomic mass is 35.5. The summed E-state index contributed by atoms with van der Waals surface area (Å²) in [6.45, 7) is 0. The van der Waals surface area contributed by atoms with Gasteiger partial charge in [0.1, 0.15) is 11.2 Å². The number of nitro groups is 1. The van der Waals surface area contributed by atoms with E-state index in [4.69, 9.17) is 27.6 Å². The lowest BCUT2D eigenvalue weighted by atomic mass is 10.2. The number of carbonyl (C=O) groups is 1. The number of aromatic nitrogens is 1. The molecule has 1 aromatic heterocycles. The van der Waals surface area contributed by atoms with Crippen LogP contribution in [-0.4, -0.2) is 21.6 Å². The summed E-state index contributed by atoms with van der Waals surface area (Å²) < 4.78 is 5.49. The Kier molecular flexibility index (Phi) is 5.12. The Bertz CT molecular complexity index is 977. The number of hydrogen-bond acceptors (Lipinski definition) is 6. The highest BCUT2D eigenvalue weighted by Gasteiger charge is 2.17. The van der Waals surface area contributed by atoms with Gasteiger partial charge in [-0.2, -0.15) is 0 Å². The smallest absolute Gasteiger partial charge is 0.292 e. The second-order valence-corrected chi connectivity index (χ2v) is 6.65. The van der Waals surface area contributed by atoms with Crippen molar-refractivity contribution in [1.82, 2.24) is 4.98 Å². The highest BCUT2D eigenvalue weighted by molar-refractivity contribution is 7.99. The number of anilines is 1. The lowest BCUT2D eigenvalue weighted by molar-refractivity contribution is -0.383. The van der Waals surface area contributed by atoms with Gasteiger partial charge in [0, 0.05) is 16.1 Å². The maximum absolute atomic E-state index is 12.1. The predicted molar refractivity (Wildman–Crippen MR) is 96.5 cm³/mol. The molecule has 0 spiro atoms. The van der Waals surface area contributed by atoms with Crippen molar-refractivity contribution < 1.29 is 14.1 Å². The van der Waals surface area contributed by atoms with E-state index >= 15 is 0 Å². The van der Waals surface area contributed by atoms with E-state index in [1.807, 2.05) is 0 Å². The number of oxazole rings is 1. The number of rotatable bonds is 5. The van der Waals surface area contributed by atoms with E-state index in [0.29, 0.717) is 21.3 Å². The molecule has 0 unspecified atom stereocenters. The Morgan fingerprint density at radius 1 is 1.24 bits per heavy atom. The molecule has 1 N–H and O–H groups in total. The van der Waals surface area contributed by atoms with Crippen molar-refractivity contribution in [1.29, 1.82) is 0 Å². The number of fused-ring (bicyclic) bond motifs is 1. The summed E-state index contributed by atoms with van der Waals surface area (Å²) >= 11 is 12.8. The molecule has 2 aromatic carbocycles. The molecule has 0 radical (unpaired) electrons. The molecule has 128 valence electrons. The maximum Gasteiger partial charge on any atom is 0.292 e. The lowest BCUT2D eigenvalue weighted by Crippen LogP contribution is -2.15. The first-order chi connectivity index (χ1) is 11.9. The summed E-state index contributed by atoms with van der Waals surface area (Å²) in [4.78, 5) is 26.7. The van der Waals surface area contributed by atoms with Crippen molar-refractivity contribution in [2.75, 3.05) is 11.1 Å². The van der Waals surface area contributed by atoms with E-state index in [9.17, 15) is 14.9 Å². The van der Waals surface area contributed by atoms with Crippen LogP contribution in [-0.2, 0) is 4.79 Å². The molecule has 0 aliphatic carbocycles. The number of halogens is 2. The number of nitrogens with one attached hydrogen (secondary N) is 1. The van der Waals surface area contributed by atoms with Gasteiger partial charge in [0.2, 0.25) is 5.91 Å². The number of thioether (sulfide) groups is 1. The van der Waals surface area contributed by atoms with Crippen LogP contribution in [0.2, 0.25) is 10.0 Å². The van der Waals surface area contributed by atoms with Gasteiger partial charge in [-0.15, -0.1) is 0 Å². The van der Waals surface area contributed by atoms with Crippen LogP contribution in [0.4, 0.5) is 11.4 Å². The molecular formula is C15H9Cl2N3O4S. The molecular weight excluding hydrogens is 389 g/mol. The molecule has 3 rings (SSSR count). The minimum Gasteiger partial charge on any atom is -0.431 e. The molecule has 0 saturated heterocycles. The SMILES string of the molecule is O=C(CSc1nc2cc(Cl)ccc2o1)Nc1cc(Cl)ccc1[N+](=O)[O-]. The van der Waals surface area contributed by atoms with Crippen LogP contribution in [0.15, 0.2) is 46.0 Å². The predicted octanol–water partition coefficient (Wildman–Crippen LogP) is 4.77. The Balaban J connectivity index is 1.68. The molecule has 0 aliphatic heterocycles. The zero-order valence-corrected chi connectivity index (χ0v) is 14.7. The minimum absolute atomic E-state index is 0.0347. The van der Waals surface area contributed by atoms with Gasteiger partial charge >= 0.3 is 0 Å². The van der Waals surface area contributed by atoms with Crippen molar-refractivity contribution in [2.24, 2.45) is 0 Å². The lowest BCUT2D eigenvalue weighted by Gasteiger charge is -2.05. The first-order valence-electron chi connectivity index (χ1n) is 6.85. The van der Waals surface area contributed by atoms with Crippen LogP contribution < -0.4 is 5.32 Å². The van der Waals surface area contributed by atoms with Gasteiger partial charge in [-0.25, -0.2) is 4.98 Å². The molecule has 0 bridgehead atoms. The second kappa shape index (κ2) is 7.30. The Morgan fingerprint density at radius 3 is 2.72 bits per heavy atom. The van der Waals surface area contributed by atoms with Crippen molar-refractivity contribution >= 4 is 63.3 Å². The average molecular weight is 398 g/mol. The number of amides is 1. The monoisotopic (exact) mass is 397 g/mol. The van der Waals surface area contributed by atoms with E-state index in [0.717, 1.165) is 11.8 Å². The number of hydrogen-bond donors (Lipinski definition) is 1. The van der Waals surface area contributed by atoms with Crippen molar-refractivity contribution in [3.63, 3.8) is 0 Å². The summed E-state index contributed by atoms with van der Waals surface area (Å²) in [5.74, 6) is -0.486. The molecule has 1 amide bonds. The Labute approximate surface area is 155 Å². The molecule has 10 heteroatoms. The van der Waals surface area contributed by atoms with Crippen molar-refractivity contribution in [3.05, 3.63) is 56.6 Å². The fourth-order valence-electron chi connectivity index (χ4n) is 2.02. The quantitative estimate of drug-likeness (QED) is 0.378. The van der Waals surface area contributed by atoms with Crippen LogP contribution in [0.3, 0.4) is 0 Å². The summed E-state index contributed by atoms with van der Waals surface area (Å²) in [5.41, 5.74) is 0.936. The standard InChI is InChI=1S/C15H9Cl2N3O4S/c16-8-1-3-12(20(22)23)10(5-8)18-14(21)7-25-15-19-11-6-9(17)2-4-13(11)24-15/h1-6H,7H2,(H,18,21). The molecule has 3 aromatic rings. The van der Waals surface area contributed by atoms with Gasteiger partial charge in [-0.05, 0) is 30.3 Å². The number of nitro benzene ring substituents is 1. The Morgan fingerprint density at radius 2 is 1.96 bits per heavy atom. The van der Waals surface area contributed by atoms with Crippen molar-refractivity contribution in [2.45, 2.75) is 5.22 Å². The zero-order valence-electron chi connectivity index (χ0n) is 12.4. The molecule has 0 atom stereocenters. The van der Waals surface area contributed by atoms with Crippen LogP contribution in [0.5, 0.6) is 0 Å². The van der Waals surface area contributed by atoms with E-state index in [1.54, 1.807) is 18.2 Å². The van der Waals surface area contributed by atoms with E-state index < -0.39 is 10.8 Å². The molecule has 0 aliphatic rings. The molecule has 7 nitrogen and oxygen atoms in total. The number of benzene rings is 2. The van der Waals surface area contributed by atoms with Gasteiger partial charge in [0.25, 0.3) is 10.9 Å². The first-order valence-corrected chi connectivity index (χ1v) is 8.59. The van der Waals surface area contributed by atoms with Crippen LogP contribution in [0, 0.1) is 10.1 Å². The third-order valence-corrected chi connectivity index (χ3v) is 4.38. The summed E-state index contributed by atoms with van der Waals surface area (Å²) in [5, 5.41) is 14.6. The highest BCUT2D eigenvalue weighted by Crippen LogP contribution is 2.29. The van der Waals surface area contributed by atoms with Gasteiger partial charge in [0.05, 0.1) is 10.7 Å². The van der Waals surface area contributed by atoms with Crippen LogP contribution in [0.1, 0.15) is 0 Å². The van der Waals surface area contributed by atoms with Gasteiger partial charge < -0.3 is 9.73 Å². The van der Waals surface area contributed by atoms with Gasteiger partial charge in [0.15, 0.2) is 5.58 Å². The molecule has 0 fully saturated rings. The topological polar surface area (TPSA) is 98.3 Å². The fourth-order valence-corrected chi connectivity index (χ4v) is 3.00. The van der Waals surface area contributed by atoms with Crippen LogP contribution >= 0.6 is 35.0 Å². The largest absolute Gasteiger partial charge is 0.431 e. The van der Waals surface area contributed by atoms with Gasteiger partial charge in [-0.3, -0.25) is 14.9 Å². The van der Waals surface area contributed by atoms with Crippen LogP contribution in [0.25, 0.3) is 11.1 Å². The van der Waals surface area contributed by atoms with E-state index in [2.05, 4.69) is 10.3 Å². The first kappa shape index (κ1) is 17.5. The summed E-state index contributed by atoms with van der Waals surface area (Å²) in [7, 11) is 0. The fraction of sp³-hybridized carbons (Fsp3) is 0.0667. The normalized spacial score (nSPS) is 10.8. The average Bonchev–Trinajstić information content (AvgIpc) is 2.94. The number of nitrogens with zero attached hydrogens (tertiary/aromatic N) is 2. The maximum atomic E-state index is 12.1. The van der Waals surface area contributed by atoms with Crippen molar-refractivity contribution in [3.8, 4) is 0 Å². The number of carbonyl (C=O) groups excluding carboxylic acids is 1. The summed E-state index contributed by atoms with van der Waals surface area (Å²) in [6.07, 6.45) is 0. The third-order valence-electron chi connectivity index (χ3n) is 3.09. The summed E-state index contributed by atoms with van der Waals surface area (Å²) in [6, 6.07) is 8.95. The Hall–Kier alpha value is -2.29. The third kappa shape index (κ3) is 4.22. The van der Waals surface area contributed by atoms with Gasteiger partial charge in [-0.1, -0.05) is 35.0 Å². The second-order valence-electron chi connectivity index (χ2n) is 4.85.